The van der Waals surface area contributed by atoms with E-state index in [1.807, 2.05) is 0 Å². The molecule has 0 aromatic heterocycles. The molecule has 25 heavy (non-hydrogen) atoms. The van der Waals surface area contributed by atoms with Crippen molar-refractivity contribution < 1.29 is 49.8 Å². The number of unbranched alkanes of at least 4 members (excludes halogenated alkanes) is 11. The zero-order chi connectivity index (χ0) is 18.2. The molecule has 0 radical (unpaired) electrons. The average Bonchev–Trinajstić information content (AvgIpc) is 2.57. The summed E-state index contributed by atoms with van der Waals surface area (Å²) in [4.78, 5) is 10.5. The normalized spacial score (nSPS) is 14.6. The Hall–Kier alpha value is -0.0666. The van der Waals surface area contributed by atoms with Crippen LogP contribution in [0.1, 0.15) is 83.5 Å². The van der Waals surface area contributed by atoms with Crippen molar-refractivity contribution in [1.82, 2.24) is 0 Å². The molecule has 0 aromatic rings. The van der Waals surface area contributed by atoms with Gasteiger partial charge in [-0.25, -0.2) is 4.79 Å². The van der Waals surface area contributed by atoms with Crippen LogP contribution < -0.4 is 0 Å². The fourth-order valence-corrected chi connectivity index (χ4v) is 2.76. The Bertz CT molecular complexity index is 303. The SMILES string of the molecule is O=C(O)C(O)C(O)C(O)CCCCCCCCCCCCCCO.[Zn]. The molecule has 0 aromatic carbocycles. The Morgan fingerprint density at radius 1 is 0.680 bits per heavy atom. The monoisotopic (exact) mass is 412 g/mol. The second kappa shape index (κ2) is 18.7. The second-order valence-corrected chi connectivity index (χ2v) is 6.60. The summed E-state index contributed by atoms with van der Waals surface area (Å²) in [5, 5.41) is 45.5. The summed E-state index contributed by atoms with van der Waals surface area (Å²) >= 11 is 0. The molecule has 0 amide bonds. The van der Waals surface area contributed by atoms with Crippen LogP contribution in [0, 0.1) is 0 Å². The number of hydrogen-bond acceptors (Lipinski definition) is 5. The summed E-state index contributed by atoms with van der Waals surface area (Å²) in [7, 11) is 0. The molecule has 0 saturated heterocycles. The minimum Gasteiger partial charge on any atom is -0.479 e. The fraction of sp³-hybridized carbons (Fsp3) is 0.944. The van der Waals surface area contributed by atoms with Crippen molar-refractivity contribution in [3.8, 4) is 0 Å². The van der Waals surface area contributed by atoms with Gasteiger partial charge in [0.1, 0.15) is 6.10 Å². The molecule has 146 valence electrons. The molecule has 0 aliphatic heterocycles. The van der Waals surface area contributed by atoms with Crippen LogP contribution in [-0.4, -0.2) is 56.4 Å². The first-order valence-corrected chi connectivity index (χ1v) is 9.38. The zero-order valence-corrected chi connectivity index (χ0v) is 18.5. The topological polar surface area (TPSA) is 118 Å². The van der Waals surface area contributed by atoms with Crippen molar-refractivity contribution in [2.24, 2.45) is 0 Å². The van der Waals surface area contributed by atoms with Gasteiger partial charge in [-0.05, 0) is 12.8 Å². The minimum absolute atomic E-state index is 0. The van der Waals surface area contributed by atoms with E-state index in [0.29, 0.717) is 13.0 Å². The number of carbonyl (C=O) groups is 1. The zero-order valence-electron chi connectivity index (χ0n) is 15.5. The van der Waals surface area contributed by atoms with Gasteiger partial charge in [-0.3, -0.25) is 0 Å². The molecule has 5 N–H and O–H groups in total. The summed E-state index contributed by atoms with van der Waals surface area (Å²) in [6, 6.07) is 0. The minimum atomic E-state index is -1.93. The van der Waals surface area contributed by atoms with Gasteiger partial charge in [0.2, 0.25) is 0 Å². The summed E-state index contributed by atoms with van der Waals surface area (Å²) in [5.41, 5.74) is 0. The van der Waals surface area contributed by atoms with Crippen LogP contribution in [0.25, 0.3) is 0 Å². The quantitative estimate of drug-likeness (QED) is 0.184. The van der Waals surface area contributed by atoms with Crippen molar-refractivity contribution in [3.63, 3.8) is 0 Å². The third-order valence-corrected chi connectivity index (χ3v) is 4.38. The van der Waals surface area contributed by atoms with E-state index in [1.54, 1.807) is 0 Å². The van der Waals surface area contributed by atoms with Crippen molar-refractivity contribution in [2.75, 3.05) is 6.61 Å². The van der Waals surface area contributed by atoms with E-state index in [2.05, 4.69) is 0 Å². The molecular formula is C18H36O6Zn. The first kappa shape index (κ1) is 27.2. The fourth-order valence-electron chi connectivity index (χ4n) is 2.76. The number of aliphatic carboxylic acids is 1. The molecule has 0 rings (SSSR count). The van der Waals surface area contributed by atoms with Gasteiger partial charge in [0.05, 0.1) is 6.10 Å². The Morgan fingerprint density at radius 3 is 1.40 bits per heavy atom. The van der Waals surface area contributed by atoms with Crippen LogP contribution in [0.3, 0.4) is 0 Å². The maximum absolute atomic E-state index is 10.5. The van der Waals surface area contributed by atoms with E-state index in [1.165, 1.54) is 38.5 Å². The van der Waals surface area contributed by atoms with Gasteiger partial charge in [0.15, 0.2) is 6.10 Å². The number of carboxylic acid groups (broad SMARTS) is 1. The molecule has 0 aliphatic rings. The molecule has 3 unspecified atom stereocenters. The van der Waals surface area contributed by atoms with E-state index in [9.17, 15) is 15.0 Å². The van der Waals surface area contributed by atoms with Crippen LogP contribution in [0.2, 0.25) is 0 Å². The molecule has 3 atom stereocenters. The molecule has 0 aliphatic carbocycles. The Kier molecular flexibility index (Phi) is 20.3. The van der Waals surface area contributed by atoms with Crippen LogP contribution in [0.5, 0.6) is 0 Å². The van der Waals surface area contributed by atoms with Crippen LogP contribution in [0.4, 0.5) is 0 Å². The summed E-state index contributed by atoms with van der Waals surface area (Å²) in [6.45, 7) is 0.302. The maximum atomic E-state index is 10.5. The number of aliphatic hydroxyl groups is 4. The van der Waals surface area contributed by atoms with E-state index in [0.717, 1.165) is 38.5 Å². The molecular weight excluding hydrogens is 378 g/mol. The molecule has 0 heterocycles. The van der Waals surface area contributed by atoms with E-state index in [4.69, 9.17) is 15.3 Å². The summed E-state index contributed by atoms with van der Waals surface area (Å²) < 4.78 is 0. The predicted octanol–water partition coefficient (Wildman–Crippen LogP) is 2.21. The third kappa shape index (κ3) is 15.9. The van der Waals surface area contributed by atoms with E-state index in [-0.39, 0.29) is 19.5 Å². The summed E-state index contributed by atoms with van der Waals surface area (Å²) in [5.74, 6) is -1.52. The number of carboxylic acids is 1. The number of hydrogen-bond donors (Lipinski definition) is 5. The van der Waals surface area contributed by atoms with Gasteiger partial charge in [-0.2, -0.15) is 0 Å². The van der Waals surface area contributed by atoms with Crippen molar-refractivity contribution in [3.05, 3.63) is 0 Å². The molecule has 7 heteroatoms. The average molecular weight is 414 g/mol. The molecule has 0 spiro atoms. The molecule has 0 saturated carbocycles. The predicted molar refractivity (Wildman–Crippen MR) is 92.8 cm³/mol. The third-order valence-electron chi connectivity index (χ3n) is 4.38. The van der Waals surface area contributed by atoms with Crippen LogP contribution in [0.15, 0.2) is 0 Å². The van der Waals surface area contributed by atoms with Gasteiger partial charge < -0.3 is 25.5 Å². The first-order chi connectivity index (χ1) is 11.5. The molecule has 6 nitrogen and oxygen atoms in total. The van der Waals surface area contributed by atoms with Crippen LogP contribution in [-0.2, 0) is 24.3 Å². The molecule has 0 bridgehead atoms. The van der Waals surface area contributed by atoms with Crippen LogP contribution >= 0.6 is 0 Å². The van der Waals surface area contributed by atoms with Gasteiger partial charge >= 0.3 is 5.97 Å². The smallest absolute Gasteiger partial charge is 0.335 e. The first-order valence-electron chi connectivity index (χ1n) is 9.38. The Labute approximate surface area is 164 Å². The van der Waals surface area contributed by atoms with Gasteiger partial charge in [-0.1, -0.05) is 70.6 Å². The van der Waals surface area contributed by atoms with E-state index >= 15 is 0 Å². The number of rotatable bonds is 17. The number of aliphatic hydroxyl groups excluding tert-OH is 4. The van der Waals surface area contributed by atoms with Crippen molar-refractivity contribution in [2.45, 2.75) is 102 Å². The van der Waals surface area contributed by atoms with Gasteiger partial charge in [-0.15, -0.1) is 0 Å². The van der Waals surface area contributed by atoms with Gasteiger partial charge in [0, 0.05) is 26.1 Å². The van der Waals surface area contributed by atoms with Gasteiger partial charge in [0.25, 0.3) is 0 Å². The molecule has 0 fully saturated rings. The second-order valence-electron chi connectivity index (χ2n) is 6.60. The Morgan fingerprint density at radius 2 is 1.04 bits per heavy atom. The van der Waals surface area contributed by atoms with Crippen molar-refractivity contribution >= 4 is 5.97 Å². The Balaban J connectivity index is 0. The summed E-state index contributed by atoms with van der Waals surface area (Å²) in [6.07, 6.45) is 8.93. The van der Waals surface area contributed by atoms with E-state index < -0.39 is 24.3 Å². The van der Waals surface area contributed by atoms with Crippen molar-refractivity contribution in [1.29, 1.82) is 0 Å². The maximum Gasteiger partial charge on any atom is 0.335 e. The largest absolute Gasteiger partial charge is 0.479 e. The standard InChI is InChI=1S/C18H36O6.Zn/c19-14-12-10-8-6-4-2-1-3-5-7-9-11-13-15(20)16(21)17(22)18(23)24;/h15-17,19-22H,1-14H2,(H,23,24);.